The lowest BCUT2D eigenvalue weighted by molar-refractivity contribution is -0.881. The molecular weight excluding hydrogens is 549 g/mol. The highest BCUT2D eigenvalue weighted by atomic mass is 127. The first-order valence-corrected chi connectivity index (χ1v) is 14.0. The number of carbonyl (C=O) groups is 1. The SMILES string of the molecule is CC(NC(=O)c1c(C[N+]2([O-])CCCC2)c(-c2ccccc2)nc2ccccc12)C1(I)CCCCC1. The summed E-state index contributed by atoms with van der Waals surface area (Å²) >= 11 is 2.57. The van der Waals surface area contributed by atoms with E-state index < -0.39 is 0 Å². The third-order valence-electron chi connectivity index (χ3n) is 7.90. The number of hydrogen-bond acceptors (Lipinski definition) is 3. The Morgan fingerprint density at radius 2 is 1.69 bits per heavy atom. The predicted molar refractivity (Wildman–Crippen MR) is 150 cm³/mol. The average molecular weight is 584 g/mol. The Bertz CT molecular complexity index is 1200. The molecule has 2 fully saturated rings. The van der Waals surface area contributed by atoms with Gasteiger partial charge in [-0.2, -0.15) is 0 Å². The number of aromatic nitrogens is 1. The van der Waals surface area contributed by atoms with Crippen molar-refractivity contribution >= 4 is 39.4 Å². The van der Waals surface area contributed by atoms with Crippen LogP contribution in [0.4, 0.5) is 0 Å². The second-order valence-corrected chi connectivity index (χ2v) is 12.5. The Morgan fingerprint density at radius 3 is 2.40 bits per heavy atom. The van der Waals surface area contributed by atoms with Crippen LogP contribution in [0.5, 0.6) is 0 Å². The van der Waals surface area contributed by atoms with Gasteiger partial charge in [0.1, 0.15) is 6.54 Å². The maximum absolute atomic E-state index is 14.1. The first-order valence-electron chi connectivity index (χ1n) is 12.9. The zero-order valence-corrected chi connectivity index (χ0v) is 22.6. The molecule has 0 radical (unpaired) electrons. The zero-order valence-electron chi connectivity index (χ0n) is 20.4. The molecule has 6 heteroatoms. The molecule has 35 heavy (non-hydrogen) atoms. The molecular formula is C29H34IN3O2. The van der Waals surface area contributed by atoms with E-state index in [9.17, 15) is 10.0 Å². The Kier molecular flexibility index (Phi) is 7.15. The number of para-hydroxylation sites is 1. The summed E-state index contributed by atoms with van der Waals surface area (Å²) < 4.78 is -0.218. The Labute approximate surface area is 221 Å². The van der Waals surface area contributed by atoms with Crippen molar-refractivity contribution in [1.82, 2.24) is 10.3 Å². The van der Waals surface area contributed by atoms with E-state index >= 15 is 0 Å². The van der Waals surface area contributed by atoms with Gasteiger partial charge in [-0.05, 0) is 25.8 Å². The zero-order chi connectivity index (χ0) is 24.5. The minimum Gasteiger partial charge on any atom is -0.633 e. The van der Waals surface area contributed by atoms with Crippen LogP contribution in [0, 0.1) is 5.21 Å². The number of rotatable bonds is 6. The molecule has 3 aromatic rings. The van der Waals surface area contributed by atoms with Crippen LogP contribution in [0.3, 0.4) is 0 Å². The summed E-state index contributed by atoms with van der Waals surface area (Å²) in [6.07, 6.45) is 7.79. The topological polar surface area (TPSA) is 65.0 Å². The fourth-order valence-electron chi connectivity index (χ4n) is 5.83. The largest absolute Gasteiger partial charge is 0.633 e. The summed E-state index contributed by atoms with van der Waals surface area (Å²) in [4.78, 5) is 19.1. The van der Waals surface area contributed by atoms with Gasteiger partial charge in [-0.25, -0.2) is 4.98 Å². The molecule has 1 unspecified atom stereocenters. The van der Waals surface area contributed by atoms with Gasteiger partial charge >= 0.3 is 0 Å². The first-order chi connectivity index (χ1) is 16.9. The molecule has 0 spiro atoms. The molecule has 1 amide bonds. The maximum atomic E-state index is 14.1. The average Bonchev–Trinajstić information content (AvgIpc) is 3.30. The van der Waals surface area contributed by atoms with Gasteiger partial charge < -0.3 is 15.2 Å². The van der Waals surface area contributed by atoms with E-state index in [0.717, 1.165) is 53.4 Å². The molecule has 1 N–H and O–H groups in total. The molecule has 2 aliphatic rings. The molecule has 2 aromatic carbocycles. The minimum absolute atomic E-state index is 0.0398. The highest BCUT2D eigenvalue weighted by molar-refractivity contribution is 14.1. The summed E-state index contributed by atoms with van der Waals surface area (Å²) in [7, 11) is 0. The van der Waals surface area contributed by atoms with Crippen LogP contribution in [0.2, 0.25) is 0 Å². The summed E-state index contributed by atoms with van der Waals surface area (Å²) in [5, 5.41) is 17.9. The summed E-state index contributed by atoms with van der Waals surface area (Å²) in [6, 6.07) is 17.9. The lowest BCUT2D eigenvalue weighted by Crippen LogP contribution is -2.48. The van der Waals surface area contributed by atoms with E-state index in [2.05, 4.69) is 34.8 Å². The molecule has 5 nitrogen and oxygen atoms in total. The predicted octanol–water partition coefficient (Wildman–Crippen LogP) is 6.77. The third-order valence-corrected chi connectivity index (χ3v) is 9.92. The van der Waals surface area contributed by atoms with Crippen LogP contribution in [-0.2, 0) is 6.54 Å². The number of likely N-dealkylation sites (tertiary alicyclic amines) is 1. The number of fused-ring (bicyclic) bond motifs is 1. The fourth-order valence-corrected chi connectivity index (χ4v) is 6.75. The smallest absolute Gasteiger partial charge is 0.252 e. The van der Waals surface area contributed by atoms with E-state index in [1.807, 2.05) is 54.6 Å². The van der Waals surface area contributed by atoms with Crippen LogP contribution in [0.15, 0.2) is 54.6 Å². The van der Waals surface area contributed by atoms with Gasteiger partial charge in [-0.15, -0.1) is 0 Å². The lowest BCUT2D eigenvalue weighted by atomic mass is 9.84. The van der Waals surface area contributed by atoms with E-state index in [0.29, 0.717) is 18.7 Å². The highest BCUT2D eigenvalue weighted by Gasteiger charge is 2.37. The molecule has 1 aromatic heterocycles. The second kappa shape index (κ2) is 10.1. The number of hydroxylamine groups is 3. The number of alkyl halides is 1. The Hall–Kier alpha value is -2.03. The van der Waals surface area contributed by atoms with Gasteiger partial charge in [0.25, 0.3) is 5.91 Å². The molecule has 5 rings (SSSR count). The molecule has 1 aliphatic heterocycles. The van der Waals surface area contributed by atoms with Crippen molar-refractivity contribution in [2.75, 3.05) is 13.1 Å². The molecule has 1 saturated heterocycles. The number of nitrogens with one attached hydrogen (secondary N) is 1. The summed E-state index contributed by atoms with van der Waals surface area (Å²) in [6.45, 7) is 3.60. The van der Waals surface area contributed by atoms with Crippen LogP contribution < -0.4 is 5.32 Å². The maximum Gasteiger partial charge on any atom is 0.252 e. The quantitative estimate of drug-likeness (QED) is 0.151. The molecule has 184 valence electrons. The number of pyridine rings is 1. The van der Waals surface area contributed by atoms with Gasteiger partial charge in [0.05, 0.1) is 29.9 Å². The van der Waals surface area contributed by atoms with Crippen molar-refractivity contribution < 1.29 is 9.44 Å². The van der Waals surface area contributed by atoms with Crippen LogP contribution in [0.25, 0.3) is 22.2 Å². The monoisotopic (exact) mass is 583 g/mol. The molecule has 1 saturated carbocycles. The van der Waals surface area contributed by atoms with Crippen molar-refractivity contribution in [2.45, 2.75) is 67.9 Å². The van der Waals surface area contributed by atoms with Crippen molar-refractivity contribution in [1.29, 1.82) is 0 Å². The number of quaternary nitrogens is 1. The second-order valence-electron chi connectivity index (χ2n) is 10.4. The molecule has 0 bridgehead atoms. The number of nitrogens with zero attached hydrogens (tertiary/aromatic N) is 2. The number of amides is 1. The van der Waals surface area contributed by atoms with Crippen molar-refractivity contribution in [3.63, 3.8) is 0 Å². The summed E-state index contributed by atoms with van der Waals surface area (Å²) in [5.41, 5.74) is 3.89. The number of hydrogen-bond donors (Lipinski definition) is 1. The normalized spacial score (nSPS) is 20.0. The lowest BCUT2D eigenvalue weighted by Gasteiger charge is -2.40. The highest BCUT2D eigenvalue weighted by Crippen LogP contribution is 2.40. The standard InChI is InChI=1S/C29H34IN3O2/c1-21(29(30)16-8-3-9-17-29)31-28(34)26-23-14-6-7-15-25(23)32-27(22-12-4-2-5-13-22)24(26)20-33(35)18-10-11-19-33/h2,4-7,12-15,21H,3,8-11,16-20H2,1H3,(H,31,34). The Morgan fingerprint density at radius 1 is 1.03 bits per heavy atom. The van der Waals surface area contributed by atoms with Gasteiger partial charge in [0, 0.05) is 38.8 Å². The molecule has 1 aliphatic carbocycles. The number of halogens is 1. The van der Waals surface area contributed by atoms with E-state index in [1.165, 1.54) is 19.3 Å². The van der Waals surface area contributed by atoms with E-state index in [1.54, 1.807) is 0 Å². The van der Waals surface area contributed by atoms with Crippen molar-refractivity contribution in [3.8, 4) is 11.3 Å². The van der Waals surface area contributed by atoms with E-state index in [-0.39, 0.29) is 26.6 Å². The first kappa shape index (κ1) is 24.7. The Balaban J connectivity index is 1.64. The van der Waals surface area contributed by atoms with Crippen molar-refractivity contribution in [3.05, 3.63) is 70.9 Å². The fraction of sp³-hybridized carbons (Fsp3) is 0.448. The van der Waals surface area contributed by atoms with Gasteiger partial charge in [-0.3, -0.25) is 4.79 Å². The van der Waals surface area contributed by atoms with Gasteiger partial charge in [0.15, 0.2) is 0 Å². The van der Waals surface area contributed by atoms with Gasteiger partial charge in [-0.1, -0.05) is 90.4 Å². The number of carbonyl (C=O) groups excluding carboxylic acids is 1. The van der Waals surface area contributed by atoms with Crippen LogP contribution in [0.1, 0.15) is 67.8 Å². The van der Waals surface area contributed by atoms with Crippen molar-refractivity contribution in [2.24, 2.45) is 0 Å². The number of benzene rings is 2. The minimum atomic E-state index is -0.286. The molecule has 2 heterocycles. The van der Waals surface area contributed by atoms with Crippen LogP contribution >= 0.6 is 22.6 Å². The third kappa shape index (κ3) is 5.11. The summed E-state index contributed by atoms with van der Waals surface area (Å²) in [5.74, 6) is -0.0873. The van der Waals surface area contributed by atoms with Gasteiger partial charge in [0.2, 0.25) is 0 Å². The van der Waals surface area contributed by atoms with Crippen LogP contribution in [-0.4, -0.2) is 38.1 Å². The molecule has 1 atom stereocenters. The van der Waals surface area contributed by atoms with E-state index in [4.69, 9.17) is 4.98 Å².